The minimum Gasteiger partial charge on any atom is -2.00 e. The molecule has 0 aliphatic carbocycles. The Morgan fingerprint density at radius 1 is 0.294 bits per heavy atom. The SMILES string of the molecule is [Cu+2].[Cu+2].[La+3].[La+3].[Mn+2].[Mn+2].[O-2].[O-2].[O-2].[O-2].[O-2].[O-2].[O-2].[O-2].[O-2].[Sr+2].[Sr+2]. The quantitative estimate of drug-likeness (QED) is 0.244. The van der Waals surface area contributed by atoms with Gasteiger partial charge in [0, 0.05) is 0 Å². The first-order chi connectivity index (χ1) is 0. The van der Waals surface area contributed by atoms with Crippen LogP contribution in [0.4, 0.5) is 0 Å². The van der Waals surface area contributed by atoms with Gasteiger partial charge in [-0.1, -0.05) is 0 Å². The summed E-state index contributed by atoms with van der Waals surface area (Å²) in [5, 5.41) is 0. The topological polar surface area (TPSA) is 256 Å². The zero-order valence-electron chi connectivity index (χ0n) is 7.60. The average molecular weight is 834 g/mol. The molecule has 0 aromatic carbocycles. The molecule has 0 saturated heterocycles. The monoisotopic (exact) mass is 833 g/mol. The molecule has 0 atom stereocenters. The maximum Gasteiger partial charge on any atom is 3.00 e. The van der Waals surface area contributed by atoms with E-state index in [4.69, 9.17) is 0 Å². The Morgan fingerprint density at radius 3 is 0.294 bits per heavy atom. The Bertz CT molecular complexity index is 33.0. The van der Waals surface area contributed by atoms with Crippen LogP contribution in [0.1, 0.15) is 0 Å². The van der Waals surface area contributed by atoms with Crippen LogP contribution in [0.3, 0.4) is 0 Å². The molecule has 17 heteroatoms. The van der Waals surface area contributed by atoms with Gasteiger partial charge in [0.25, 0.3) is 0 Å². The number of hydrogen-bond donors (Lipinski definition) is 0. The summed E-state index contributed by atoms with van der Waals surface area (Å²) < 4.78 is 0. The molecule has 9 nitrogen and oxygen atoms in total. The Kier molecular flexibility index (Phi) is 3390. The summed E-state index contributed by atoms with van der Waals surface area (Å²) in [6.45, 7) is 0. The zero-order valence-corrected chi connectivity index (χ0v) is 26.1. The Balaban J connectivity index is 0. The first-order valence-corrected chi connectivity index (χ1v) is 0. The van der Waals surface area contributed by atoms with E-state index in [1.54, 1.807) is 0 Å². The summed E-state index contributed by atoms with van der Waals surface area (Å²) in [5.41, 5.74) is 0. The second-order valence-electron chi connectivity index (χ2n) is 0. The third kappa shape index (κ3) is 205. The van der Waals surface area contributed by atoms with Crippen molar-refractivity contribution in [2.75, 3.05) is 0 Å². The van der Waals surface area contributed by atoms with Gasteiger partial charge in [0.15, 0.2) is 0 Å². The van der Waals surface area contributed by atoms with Crippen LogP contribution in [0.25, 0.3) is 0 Å². The van der Waals surface area contributed by atoms with Crippen molar-refractivity contribution in [1.29, 1.82) is 0 Å². The third-order valence-electron chi connectivity index (χ3n) is 0. The van der Waals surface area contributed by atoms with Gasteiger partial charge in [-0.05, 0) is 0 Å². The molecule has 0 N–H and O–H groups in total. The van der Waals surface area contributed by atoms with Gasteiger partial charge in [-0.3, -0.25) is 0 Å². The fraction of sp³-hybridized carbons (Fsp3) is 0. The molecular weight excluding hydrogens is 834 g/mol. The second-order valence-corrected chi connectivity index (χ2v) is 0. The van der Waals surface area contributed by atoms with Gasteiger partial charge in [-0.2, -0.15) is 0 Å². The van der Waals surface area contributed by atoms with Gasteiger partial charge in [0.1, 0.15) is 0 Å². The largest absolute Gasteiger partial charge is 3.00 e. The van der Waals surface area contributed by atoms with E-state index in [0.717, 1.165) is 0 Å². The Labute approximate surface area is 272 Å². The van der Waals surface area contributed by atoms with Crippen LogP contribution < -0.4 is 0 Å². The molecule has 0 aromatic heterocycles. The molecule has 0 heterocycles. The summed E-state index contributed by atoms with van der Waals surface area (Å²) in [6.07, 6.45) is 0. The van der Waals surface area contributed by atoms with Crippen molar-refractivity contribution in [2.45, 2.75) is 0 Å². The minimum absolute atomic E-state index is 0. The van der Waals surface area contributed by atoms with E-state index >= 15 is 0 Å². The van der Waals surface area contributed by atoms with Gasteiger partial charge in [0.2, 0.25) is 0 Å². The summed E-state index contributed by atoms with van der Waals surface area (Å²) in [4.78, 5) is 0. The molecule has 0 fully saturated rings. The molecule has 0 rings (SSSR count). The van der Waals surface area contributed by atoms with Gasteiger partial charge in [0.05, 0.1) is 0 Å². The van der Waals surface area contributed by atoms with Gasteiger partial charge >= 0.3 is 230 Å². The van der Waals surface area contributed by atoms with E-state index in [9.17, 15) is 0 Å². The van der Waals surface area contributed by atoms with E-state index in [1.807, 2.05) is 0 Å². The molecule has 0 aliphatic heterocycles. The standard InChI is InChI=1S/2Cu.2La.2Mn.9O.2Sr/q2*+2;2*+3;2*+2;9*-2;2*+2. The number of hydrogen-bond acceptors (Lipinski definition) is 0. The minimum atomic E-state index is 0. The molecule has 4 radical (unpaired) electrons. The summed E-state index contributed by atoms with van der Waals surface area (Å²) in [6, 6.07) is 0. The molecule has 0 aromatic rings. The maximum absolute atomic E-state index is 0. The van der Waals surface area contributed by atoms with Crippen molar-refractivity contribution in [1.82, 2.24) is 0 Å². The molecular formula is Cu2La2Mn2O9Sr2. The molecule has 100 valence electrons. The van der Waals surface area contributed by atoms with Gasteiger partial charge in [-0.15, -0.1) is 0 Å². The van der Waals surface area contributed by atoms with Crippen molar-refractivity contribution in [3.05, 3.63) is 0 Å². The fourth-order valence-electron chi connectivity index (χ4n) is 0. The van der Waals surface area contributed by atoms with E-state index in [2.05, 4.69) is 0 Å². The fourth-order valence-corrected chi connectivity index (χ4v) is 0. The van der Waals surface area contributed by atoms with Crippen LogP contribution in [0, 0.1) is 71.2 Å². The van der Waals surface area contributed by atoms with E-state index in [0.29, 0.717) is 0 Å². The van der Waals surface area contributed by atoms with Crippen molar-refractivity contribution >= 4 is 91.0 Å². The smallest absolute Gasteiger partial charge is 2.00 e. The van der Waals surface area contributed by atoms with Crippen LogP contribution in [0.15, 0.2) is 0 Å². The molecule has 17 heavy (non-hydrogen) atoms. The van der Waals surface area contributed by atoms with Gasteiger partial charge in [-0.25, -0.2) is 0 Å². The summed E-state index contributed by atoms with van der Waals surface area (Å²) >= 11 is 0. The first kappa shape index (κ1) is 256. The number of rotatable bonds is 0. The van der Waals surface area contributed by atoms with Gasteiger partial charge < -0.3 is 49.3 Å². The van der Waals surface area contributed by atoms with Crippen molar-refractivity contribution in [3.63, 3.8) is 0 Å². The molecule has 0 saturated carbocycles. The average Bonchev–Trinajstić information content (AvgIpc) is 0. The molecule has 0 unspecified atom stereocenters. The molecule has 0 bridgehead atoms. The van der Waals surface area contributed by atoms with Crippen LogP contribution in [0.5, 0.6) is 0 Å². The first-order valence-electron chi connectivity index (χ1n) is 0. The van der Waals surface area contributed by atoms with Crippen molar-refractivity contribution < 1.29 is 189 Å². The van der Waals surface area contributed by atoms with Crippen LogP contribution >= 0.6 is 0 Å². The second kappa shape index (κ2) is 225. The zero-order chi connectivity index (χ0) is 0. The van der Waals surface area contributed by atoms with Crippen LogP contribution in [-0.4, -0.2) is 91.0 Å². The van der Waals surface area contributed by atoms with Crippen molar-refractivity contribution in [2.24, 2.45) is 0 Å². The van der Waals surface area contributed by atoms with E-state index in [-0.39, 0.29) is 280 Å². The summed E-state index contributed by atoms with van der Waals surface area (Å²) in [5.74, 6) is 0. The Hall–Kier alpha value is 7.07. The molecule has 0 amide bonds. The van der Waals surface area contributed by atoms with E-state index in [1.165, 1.54) is 0 Å². The molecule has 0 aliphatic rings. The Morgan fingerprint density at radius 2 is 0.294 bits per heavy atom. The van der Waals surface area contributed by atoms with E-state index < -0.39 is 0 Å². The molecule has 0 spiro atoms. The van der Waals surface area contributed by atoms with Crippen LogP contribution in [-0.2, 0) is 118 Å². The predicted molar refractivity (Wildman–Crippen MR) is 17.7 cm³/mol. The summed E-state index contributed by atoms with van der Waals surface area (Å²) in [7, 11) is 0. The predicted octanol–water partition coefficient (Wildman–Crippen LogP) is -1.84. The van der Waals surface area contributed by atoms with Crippen LogP contribution in [0.2, 0.25) is 0 Å². The normalized spacial score (nSPS) is 0. The maximum atomic E-state index is 0. The third-order valence-corrected chi connectivity index (χ3v) is 0. The van der Waals surface area contributed by atoms with Crippen molar-refractivity contribution in [3.8, 4) is 0 Å².